The Balaban J connectivity index is 2.27. The summed E-state index contributed by atoms with van der Waals surface area (Å²) in [6.07, 6.45) is -4.89. The third kappa shape index (κ3) is 3.98. The average molecular weight is 459 g/mol. The van der Waals surface area contributed by atoms with Gasteiger partial charge in [0.2, 0.25) is 0 Å². The highest BCUT2D eigenvalue weighted by Crippen LogP contribution is 2.47. The minimum atomic E-state index is -4.89. The van der Waals surface area contributed by atoms with Crippen molar-refractivity contribution in [1.82, 2.24) is 0 Å². The summed E-state index contributed by atoms with van der Waals surface area (Å²) in [5.74, 6) is -0.307. The second kappa shape index (κ2) is 8.22. The van der Waals surface area contributed by atoms with Gasteiger partial charge in [0, 0.05) is 11.1 Å². The van der Waals surface area contributed by atoms with Gasteiger partial charge in [0.1, 0.15) is 5.75 Å². The minimum Gasteiger partial charge on any atom is -0.405 e. The summed E-state index contributed by atoms with van der Waals surface area (Å²) in [5, 5.41) is 2.83. The highest BCUT2D eigenvalue weighted by Gasteiger charge is 2.35. The summed E-state index contributed by atoms with van der Waals surface area (Å²) in [7, 11) is 1.30. The fourth-order valence-corrected chi connectivity index (χ4v) is 5.03. The molecule has 0 radical (unpaired) electrons. The van der Waals surface area contributed by atoms with E-state index in [-0.39, 0.29) is 11.3 Å². The lowest BCUT2D eigenvalue weighted by atomic mass is 9.89. The number of ether oxygens (including phenoxy) is 1. The van der Waals surface area contributed by atoms with Crippen molar-refractivity contribution in [2.24, 2.45) is 0 Å². The minimum absolute atomic E-state index is 0.248. The Kier molecular flexibility index (Phi) is 5.73. The van der Waals surface area contributed by atoms with Crippen LogP contribution in [0.4, 0.5) is 13.2 Å². The summed E-state index contributed by atoms with van der Waals surface area (Å²) < 4.78 is 63.2. The van der Waals surface area contributed by atoms with Crippen LogP contribution in [0.1, 0.15) is 16.7 Å². The maximum absolute atomic E-state index is 13.5. The number of halogens is 3. The number of fused-ring (bicyclic) bond motifs is 2. The number of aryl methyl sites for hydroxylation is 3. The van der Waals surface area contributed by atoms with Gasteiger partial charge in [-0.1, -0.05) is 54.1 Å². The van der Waals surface area contributed by atoms with Crippen LogP contribution >= 0.6 is 0 Å². The molecule has 4 aromatic carbocycles. The van der Waals surface area contributed by atoms with E-state index in [1.54, 1.807) is 38.1 Å². The second-order valence-corrected chi connectivity index (χ2v) is 8.90. The molecule has 0 heterocycles. The van der Waals surface area contributed by atoms with Gasteiger partial charge >= 0.3 is 6.36 Å². The zero-order chi connectivity index (χ0) is 23.2. The van der Waals surface area contributed by atoms with E-state index in [9.17, 15) is 17.4 Å². The van der Waals surface area contributed by atoms with E-state index in [1.807, 2.05) is 37.3 Å². The molecule has 32 heavy (non-hydrogen) atoms. The van der Waals surface area contributed by atoms with Gasteiger partial charge in [0.15, 0.2) is 11.1 Å². The van der Waals surface area contributed by atoms with Crippen molar-refractivity contribution in [3.05, 3.63) is 71.3 Å². The molecule has 4 aromatic rings. The van der Waals surface area contributed by atoms with Crippen LogP contribution in [0.3, 0.4) is 0 Å². The maximum atomic E-state index is 13.5. The number of alkyl halides is 3. The Morgan fingerprint density at radius 3 is 2.16 bits per heavy atom. The molecular formula is C25H21F3O3S. The first-order valence-electron chi connectivity index (χ1n) is 9.89. The third-order valence-electron chi connectivity index (χ3n) is 5.41. The lowest BCUT2D eigenvalue weighted by Crippen LogP contribution is -2.18. The van der Waals surface area contributed by atoms with Crippen LogP contribution in [0.15, 0.2) is 59.5 Å². The Labute approximate surface area is 186 Å². The summed E-state index contributed by atoms with van der Waals surface area (Å²) in [6, 6.07) is 16.4. The van der Waals surface area contributed by atoms with Crippen LogP contribution in [0, 0.1) is 20.8 Å². The van der Waals surface area contributed by atoms with Crippen LogP contribution in [0.25, 0.3) is 32.7 Å². The first kappa shape index (κ1) is 22.3. The molecule has 7 heteroatoms. The van der Waals surface area contributed by atoms with Gasteiger partial charge in [0.05, 0.1) is 12.0 Å². The number of rotatable bonds is 4. The molecule has 0 saturated heterocycles. The first-order chi connectivity index (χ1) is 15.1. The van der Waals surface area contributed by atoms with E-state index >= 15 is 0 Å². The summed E-state index contributed by atoms with van der Waals surface area (Å²) >= 11 is -1.89. The quantitative estimate of drug-likeness (QED) is 0.326. The third-order valence-corrected chi connectivity index (χ3v) is 6.57. The Bertz CT molecular complexity index is 1380. The molecule has 0 aliphatic heterocycles. The van der Waals surface area contributed by atoms with Gasteiger partial charge in [-0.05, 0) is 59.5 Å². The molecule has 0 aliphatic carbocycles. The van der Waals surface area contributed by atoms with Crippen molar-refractivity contribution >= 4 is 32.6 Å². The van der Waals surface area contributed by atoms with Crippen molar-refractivity contribution in [1.29, 1.82) is 0 Å². The van der Waals surface area contributed by atoms with E-state index in [0.717, 1.165) is 16.3 Å². The van der Waals surface area contributed by atoms with Crippen molar-refractivity contribution in [2.75, 3.05) is 7.11 Å². The number of hydrogen-bond acceptors (Lipinski definition) is 3. The molecule has 0 N–H and O–H groups in total. The van der Waals surface area contributed by atoms with Gasteiger partial charge < -0.3 is 4.74 Å². The van der Waals surface area contributed by atoms with E-state index in [4.69, 9.17) is 4.18 Å². The fourth-order valence-electron chi connectivity index (χ4n) is 4.16. The predicted molar refractivity (Wildman–Crippen MR) is 121 cm³/mol. The van der Waals surface area contributed by atoms with Gasteiger partial charge in [0.25, 0.3) is 0 Å². The standard InChI is InChI=1S/C25H21F3O3S/c1-14-9-10-20-18(11-14)12-15(2)23(31-25(26,27)28)21(20)22-19-8-6-5-7-17(19)13-16(3)24(22)32(29)30-4/h5-13H,1-4H3. The number of hydrogen-bond donors (Lipinski definition) is 0. The smallest absolute Gasteiger partial charge is 0.405 e. The molecule has 0 amide bonds. The van der Waals surface area contributed by atoms with Crippen molar-refractivity contribution in [3.63, 3.8) is 0 Å². The molecule has 166 valence electrons. The van der Waals surface area contributed by atoms with Gasteiger partial charge in [-0.15, -0.1) is 13.2 Å². The summed E-state index contributed by atoms with van der Waals surface area (Å²) in [6.45, 7) is 5.27. The lowest BCUT2D eigenvalue weighted by Gasteiger charge is -2.22. The van der Waals surface area contributed by atoms with E-state index in [1.165, 1.54) is 7.11 Å². The van der Waals surface area contributed by atoms with E-state index < -0.39 is 17.4 Å². The zero-order valence-electron chi connectivity index (χ0n) is 18.0. The van der Waals surface area contributed by atoms with Gasteiger partial charge in [-0.25, -0.2) is 4.21 Å². The monoisotopic (exact) mass is 458 g/mol. The largest absolute Gasteiger partial charge is 0.573 e. The average Bonchev–Trinajstić information content (AvgIpc) is 2.72. The topological polar surface area (TPSA) is 35.5 Å². The molecule has 0 aliphatic rings. The molecular weight excluding hydrogens is 437 g/mol. The Hall–Kier alpha value is -2.90. The number of benzene rings is 4. The fraction of sp³-hybridized carbons (Fsp3) is 0.200. The van der Waals surface area contributed by atoms with Crippen LogP contribution < -0.4 is 4.74 Å². The molecule has 0 aromatic heterocycles. The molecule has 1 unspecified atom stereocenters. The maximum Gasteiger partial charge on any atom is 0.573 e. The predicted octanol–water partition coefficient (Wildman–Crippen LogP) is 7.15. The SMILES string of the molecule is COS(=O)c1c(C)cc2ccccc2c1-c1c(OC(F)(F)F)c(C)cc2cc(C)ccc12. The van der Waals surface area contributed by atoms with E-state index in [2.05, 4.69) is 4.74 Å². The van der Waals surface area contributed by atoms with Crippen LogP contribution in [0.2, 0.25) is 0 Å². The molecule has 3 nitrogen and oxygen atoms in total. The molecule has 1 atom stereocenters. The molecule has 0 spiro atoms. The van der Waals surface area contributed by atoms with Gasteiger partial charge in [-0.3, -0.25) is 4.18 Å². The summed E-state index contributed by atoms with van der Waals surface area (Å²) in [4.78, 5) is 0.325. The van der Waals surface area contributed by atoms with Crippen LogP contribution in [-0.2, 0) is 15.3 Å². The van der Waals surface area contributed by atoms with Crippen molar-refractivity contribution in [3.8, 4) is 16.9 Å². The molecule has 0 fully saturated rings. The normalized spacial score (nSPS) is 13.0. The molecule has 0 saturated carbocycles. The van der Waals surface area contributed by atoms with E-state index in [0.29, 0.717) is 32.4 Å². The highest BCUT2D eigenvalue weighted by atomic mass is 32.2. The van der Waals surface area contributed by atoms with Crippen molar-refractivity contribution in [2.45, 2.75) is 32.0 Å². The zero-order valence-corrected chi connectivity index (χ0v) is 18.8. The Morgan fingerprint density at radius 2 is 1.47 bits per heavy atom. The molecule has 0 bridgehead atoms. The summed E-state index contributed by atoms with van der Waals surface area (Å²) in [5.41, 5.74) is 2.62. The van der Waals surface area contributed by atoms with Crippen molar-refractivity contribution < 1.29 is 26.3 Å². The van der Waals surface area contributed by atoms with Gasteiger partial charge in [-0.2, -0.15) is 0 Å². The van der Waals surface area contributed by atoms with Crippen LogP contribution in [-0.4, -0.2) is 17.7 Å². The molecule has 4 rings (SSSR count). The highest BCUT2D eigenvalue weighted by molar-refractivity contribution is 7.80. The lowest BCUT2D eigenvalue weighted by molar-refractivity contribution is -0.274. The second-order valence-electron chi connectivity index (χ2n) is 7.69. The first-order valence-corrected chi connectivity index (χ1v) is 11.0. The Morgan fingerprint density at radius 1 is 0.812 bits per heavy atom. The van der Waals surface area contributed by atoms with Crippen LogP contribution in [0.5, 0.6) is 5.75 Å².